The number of alkyl carbamates (subject to hydrolysis) is 1. The average molecular weight is 584 g/mol. The Labute approximate surface area is 230 Å². The predicted molar refractivity (Wildman–Crippen MR) is 142 cm³/mol. The third-order valence-electron chi connectivity index (χ3n) is 6.33. The van der Waals surface area contributed by atoms with Gasteiger partial charge in [0, 0.05) is 24.9 Å². The van der Waals surface area contributed by atoms with Gasteiger partial charge in [0.2, 0.25) is 0 Å². The molecule has 1 aromatic heterocycles. The third kappa shape index (κ3) is 6.87. The second-order valence-electron chi connectivity index (χ2n) is 10.7. The van der Waals surface area contributed by atoms with Crippen LogP contribution in [0.4, 0.5) is 18.0 Å². The predicted octanol–water partition coefficient (Wildman–Crippen LogP) is 6.26. The highest BCUT2D eigenvalue weighted by Gasteiger charge is 2.49. The van der Waals surface area contributed by atoms with Crippen molar-refractivity contribution >= 4 is 27.1 Å². The van der Waals surface area contributed by atoms with Crippen LogP contribution in [-0.4, -0.2) is 48.6 Å². The number of nitrogens with one attached hydrogen (secondary N) is 1. The molecule has 2 heterocycles. The molecule has 218 valence electrons. The largest absolute Gasteiger partial charge is 0.534 e. The van der Waals surface area contributed by atoms with Crippen molar-refractivity contribution in [2.75, 3.05) is 13.2 Å². The summed E-state index contributed by atoms with van der Waals surface area (Å²) in [6.45, 7) is 8.00. The van der Waals surface area contributed by atoms with Crippen molar-refractivity contribution in [1.82, 2.24) is 15.1 Å². The quantitative estimate of drug-likeness (QED) is 0.258. The number of halogens is 3. The Morgan fingerprint density at radius 3 is 2.45 bits per heavy atom. The van der Waals surface area contributed by atoms with E-state index < -0.39 is 39.3 Å². The molecule has 3 aromatic rings. The van der Waals surface area contributed by atoms with Gasteiger partial charge in [-0.25, -0.2) is 9.48 Å². The number of carbonyl (C=O) groups is 1. The van der Waals surface area contributed by atoms with Crippen molar-refractivity contribution in [2.45, 2.75) is 70.2 Å². The molecule has 2 atom stereocenters. The number of benzene rings is 2. The van der Waals surface area contributed by atoms with E-state index in [4.69, 9.17) is 13.7 Å². The van der Waals surface area contributed by atoms with Crippen LogP contribution in [0.1, 0.15) is 64.7 Å². The molecule has 40 heavy (non-hydrogen) atoms. The molecule has 1 fully saturated rings. The number of alkyl halides is 3. The maximum absolute atomic E-state index is 13.3. The minimum absolute atomic E-state index is 0.110. The van der Waals surface area contributed by atoms with Crippen LogP contribution in [0.3, 0.4) is 0 Å². The highest BCUT2D eigenvalue weighted by molar-refractivity contribution is 7.88. The van der Waals surface area contributed by atoms with Crippen molar-refractivity contribution in [3.63, 3.8) is 0 Å². The zero-order valence-electron chi connectivity index (χ0n) is 22.6. The minimum Gasteiger partial charge on any atom is -0.444 e. The third-order valence-corrected chi connectivity index (χ3v) is 7.28. The van der Waals surface area contributed by atoms with Gasteiger partial charge in [-0.3, -0.25) is 0 Å². The fourth-order valence-corrected chi connectivity index (χ4v) is 4.79. The molecule has 2 aromatic carbocycles. The zero-order valence-corrected chi connectivity index (χ0v) is 23.4. The van der Waals surface area contributed by atoms with Crippen LogP contribution in [-0.2, 0) is 19.6 Å². The van der Waals surface area contributed by atoms with E-state index in [2.05, 4.69) is 10.4 Å². The first-order valence-electron chi connectivity index (χ1n) is 12.9. The Hall–Kier alpha value is -3.32. The highest BCUT2D eigenvalue weighted by Crippen LogP contribution is 2.40. The summed E-state index contributed by atoms with van der Waals surface area (Å²) in [5.74, 6) is -0.580. The fourth-order valence-electron chi connectivity index (χ4n) is 4.30. The second kappa shape index (κ2) is 11.3. The van der Waals surface area contributed by atoms with Gasteiger partial charge < -0.3 is 19.0 Å². The van der Waals surface area contributed by atoms with E-state index in [-0.39, 0.29) is 22.4 Å². The molecule has 0 bridgehead atoms. The first-order valence-corrected chi connectivity index (χ1v) is 14.3. The lowest BCUT2D eigenvalue weighted by atomic mass is 9.96. The highest BCUT2D eigenvalue weighted by atomic mass is 32.2. The summed E-state index contributed by atoms with van der Waals surface area (Å²) in [7, 11) is -5.96. The number of fused-ring (bicyclic) bond motifs is 1. The number of amides is 1. The number of hydrogen-bond acceptors (Lipinski definition) is 7. The number of ether oxygens (including phenoxy) is 2. The maximum Gasteiger partial charge on any atom is 0.534 e. The van der Waals surface area contributed by atoms with Crippen molar-refractivity contribution in [3.05, 3.63) is 48.2 Å². The van der Waals surface area contributed by atoms with E-state index in [0.29, 0.717) is 25.1 Å². The van der Waals surface area contributed by atoms with Crippen LogP contribution < -0.4 is 9.50 Å². The Morgan fingerprint density at radius 1 is 1.15 bits per heavy atom. The molecule has 2 unspecified atom stereocenters. The van der Waals surface area contributed by atoms with E-state index in [0.717, 1.165) is 18.4 Å². The standard InChI is InChI=1S/C27H32F3N3O6S/c1-17(15-31-25(34)38-26(2,3)4)18-8-10-19(11-9-18)20-12-13-22-21(24(20)39-40(35,36)27(28,29)30)16-33(32-22)23-7-5-6-14-37-23/h8-13,16-17,23H,5-7,14-15H2,1-4H3,(H,31,34). The Morgan fingerprint density at radius 2 is 1.85 bits per heavy atom. The topological polar surface area (TPSA) is 109 Å². The molecule has 0 saturated carbocycles. The maximum atomic E-state index is 13.3. The van der Waals surface area contributed by atoms with E-state index in [1.165, 1.54) is 16.9 Å². The van der Waals surface area contributed by atoms with Gasteiger partial charge in [-0.1, -0.05) is 31.2 Å². The van der Waals surface area contributed by atoms with E-state index in [1.54, 1.807) is 51.1 Å². The molecule has 1 aliphatic heterocycles. The number of rotatable bonds is 7. The molecule has 4 rings (SSSR count). The molecule has 0 radical (unpaired) electrons. The molecule has 1 aliphatic rings. The van der Waals surface area contributed by atoms with Gasteiger partial charge in [-0.15, -0.1) is 0 Å². The molecular weight excluding hydrogens is 551 g/mol. The number of nitrogens with zero attached hydrogens (tertiary/aromatic N) is 2. The number of aromatic nitrogens is 2. The van der Waals surface area contributed by atoms with E-state index in [1.807, 2.05) is 6.92 Å². The van der Waals surface area contributed by atoms with Gasteiger partial charge in [-0.2, -0.15) is 26.7 Å². The molecule has 13 heteroatoms. The summed E-state index contributed by atoms with van der Waals surface area (Å²) in [6, 6.07) is 9.89. The summed E-state index contributed by atoms with van der Waals surface area (Å²) in [5.41, 5.74) is -4.55. The summed E-state index contributed by atoms with van der Waals surface area (Å²) < 4.78 is 81.3. The van der Waals surface area contributed by atoms with Crippen molar-refractivity contribution in [2.24, 2.45) is 0 Å². The van der Waals surface area contributed by atoms with Crippen LogP contribution in [0.15, 0.2) is 42.6 Å². The van der Waals surface area contributed by atoms with Gasteiger partial charge in [0.25, 0.3) is 0 Å². The van der Waals surface area contributed by atoms with Crippen LogP contribution in [0.5, 0.6) is 5.75 Å². The molecule has 0 spiro atoms. The SMILES string of the molecule is CC(CNC(=O)OC(C)(C)C)c1ccc(-c2ccc3nn(C4CCCCO4)cc3c2OS(=O)(=O)C(F)(F)F)cc1. The Kier molecular flexibility index (Phi) is 8.36. The smallest absolute Gasteiger partial charge is 0.444 e. The normalized spacial score (nSPS) is 17.4. The first-order chi connectivity index (χ1) is 18.6. The van der Waals surface area contributed by atoms with Gasteiger partial charge in [-0.05, 0) is 69.2 Å². The van der Waals surface area contributed by atoms with Gasteiger partial charge in [0.05, 0.1) is 10.9 Å². The van der Waals surface area contributed by atoms with Crippen LogP contribution in [0.2, 0.25) is 0 Å². The van der Waals surface area contributed by atoms with E-state index in [9.17, 15) is 26.4 Å². The van der Waals surface area contributed by atoms with Gasteiger partial charge >= 0.3 is 21.7 Å². The van der Waals surface area contributed by atoms with Crippen LogP contribution in [0, 0.1) is 0 Å². The van der Waals surface area contributed by atoms with Crippen molar-refractivity contribution in [1.29, 1.82) is 0 Å². The summed E-state index contributed by atoms with van der Waals surface area (Å²) in [5, 5.41) is 7.23. The lowest BCUT2D eigenvalue weighted by Gasteiger charge is -2.22. The van der Waals surface area contributed by atoms with E-state index >= 15 is 0 Å². The second-order valence-corrected chi connectivity index (χ2v) is 12.2. The summed E-state index contributed by atoms with van der Waals surface area (Å²) in [4.78, 5) is 12.0. The fraction of sp³-hybridized carbons (Fsp3) is 0.481. The molecule has 1 saturated heterocycles. The molecule has 1 N–H and O–H groups in total. The van der Waals surface area contributed by atoms with Gasteiger partial charge in [0.15, 0.2) is 5.75 Å². The minimum atomic E-state index is -5.96. The number of hydrogen-bond donors (Lipinski definition) is 1. The van der Waals surface area contributed by atoms with Crippen molar-refractivity contribution in [3.8, 4) is 16.9 Å². The van der Waals surface area contributed by atoms with Crippen LogP contribution in [0.25, 0.3) is 22.0 Å². The molecular formula is C27H32F3N3O6S. The van der Waals surface area contributed by atoms with Crippen molar-refractivity contribution < 1.29 is 40.0 Å². The Balaban J connectivity index is 1.65. The number of carbonyl (C=O) groups excluding carboxylic acids is 1. The zero-order chi connectivity index (χ0) is 29.3. The lowest BCUT2D eigenvalue weighted by molar-refractivity contribution is -0.0499. The summed E-state index contributed by atoms with van der Waals surface area (Å²) in [6.07, 6.45) is 2.96. The van der Waals surface area contributed by atoms with Gasteiger partial charge in [0.1, 0.15) is 11.8 Å². The molecule has 1 amide bonds. The Bertz CT molecular complexity index is 1460. The lowest BCUT2D eigenvalue weighted by Crippen LogP contribution is -2.34. The summed E-state index contributed by atoms with van der Waals surface area (Å²) >= 11 is 0. The monoisotopic (exact) mass is 583 g/mol. The molecule has 9 nitrogen and oxygen atoms in total. The average Bonchev–Trinajstić information content (AvgIpc) is 3.31. The van der Waals surface area contributed by atoms with Crippen LogP contribution >= 0.6 is 0 Å². The first kappa shape index (κ1) is 29.7. The molecule has 0 aliphatic carbocycles.